The van der Waals surface area contributed by atoms with E-state index in [2.05, 4.69) is 27.7 Å². The Bertz CT molecular complexity index is 488. The van der Waals surface area contributed by atoms with Gasteiger partial charge in [0.1, 0.15) is 12.0 Å². The third-order valence-corrected chi connectivity index (χ3v) is 2.97. The second kappa shape index (κ2) is 3.31. The summed E-state index contributed by atoms with van der Waals surface area (Å²) in [6, 6.07) is 0.461. The van der Waals surface area contributed by atoms with Crippen LogP contribution in [0.3, 0.4) is 0 Å². The largest absolute Gasteiger partial charge is 0.377 e. The predicted molar refractivity (Wildman–Crippen MR) is 56.8 cm³/mol. The van der Waals surface area contributed by atoms with Crippen molar-refractivity contribution in [1.82, 2.24) is 14.5 Å². The van der Waals surface area contributed by atoms with Crippen LogP contribution in [0.25, 0.3) is 11.0 Å². The van der Waals surface area contributed by atoms with Crippen molar-refractivity contribution in [2.24, 2.45) is 0 Å². The molecule has 1 fully saturated rings. The van der Waals surface area contributed by atoms with Crippen LogP contribution in [-0.2, 0) is 11.2 Å². The zero-order chi connectivity index (χ0) is 10.3. The summed E-state index contributed by atoms with van der Waals surface area (Å²) in [7, 11) is 0. The van der Waals surface area contributed by atoms with Gasteiger partial charge in [0.15, 0.2) is 0 Å². The molecule has 2 aromatic rings. The smallest absolute Gasteiger partial charge is 0.143 e. The molecule has 78 valence electrons. The summed E-state index contributed by atoms with van der Waals surface area (Å²) in [6.45, 7) is 3.76. The molecule has 0 bridgehead atoms. The Labute approximate surface area is 87.9 Å². The van der Waals surface area contributed by atoms with Crippen LogP contribution >= 0.6 is 0 Å². The number of nitrogens with zero attached hydrogens (tertiary/aromatic N) is 3. The first-order chi connectivity index (χ1) is 7.40. The minimum absolute atomic E-state index is 0.461. The molecule has 1 aliphatic rings. The van der Waals surface area contributed by atoms with Gasteiger partial charge in [-0.25, -0.2) is 9.97 Å². The highest BCUT2D eigenvalue weighted by atomic mass is 16.5. The average molecular weight is 203 g/mol. The molecule has 15 heavy (non-hydrogen) atoms. The van der Waals surface area contributed by atoms with E-state index in [1.54, 1.807) is 6.33 Å². The lowest BCUT2D eigenvalue weighted by atomic mass is 10.2. The molecule has 2 aromatic heterocycles. The standard InChI is InChI=1S/C11H13N3O/c1-2-8-4-14(9-5-15-6-9)11-10(8)3-12-7-13-11/h3-4,7,9H,2,5-6H2,1H3. The van der Waals surface area contributed by atoms with E-state index in [0.29, 0.717) is 6.04 Å². The van der Waals surface area contributed by atoms with Crippen LogP contribution in [0.4, 0.5) is 0 Å². The molecule has 0 aliphatic carbocycles. The fourth-order valence-corrected chi connectivity index (χ4v) is 2.00. The minimum Gasteiger partial charge on any atom is -0.377 e. The van der Waals surface area contributed by atoms with Crippen LogP contribution in [0.2, 0.25) is 0 Å². The van der Waals surface area contributed by atoms with E-state index in [1.165, 1.54) is 10.9 Å². The first-order valence-electron chi connectivity index (χ1n) is 5.27. The SMILES string of the molecule is CCc1cn(C2COC2)c2ncncc12. The van der Waals surface area contributed by atoms with E-state index in [4.69, 9.17) is 4.74 Å². The molecule has 0 spiro atoms. The van der Waals surface area contributed by atoms with Gasteiger partial charge in [-0.15, -0.1) is 0 Å². The third-order valence-electron chi connectivity index (χ3n) is 2.97. The second-order valence-corrected chi connectivity index (χ2v) is 3.87. The highest BCUT2D eigenvalue weighted by Gasteiger charge is 2.23. The lowest BCUT2D eigenvalue weighted by Gasteiger charge is -2.27. The molecule has 0 radical (unpaired) electrons. The highest BCUT2D eigenvalue weighted by Crippen LogP contribution is 2.26. The van der Waals surface area contributed by atoms with Crippen LogP contribution in [0.1, 0.15) is 18.5 Å². The molecule has 0 amide bonds. The molecule has 0 saturated carbocycles. The topological polar surface area (TPSA) is 39.9 Å². The van der Waals surface area contributed by atoms with Gasteiger partial charge in [0, 0.05) is 17.8 Å². The van der Waals surface area contributed by atoms with E-state index in [-0.39, 0.29) is 0 Å². The lowest BCUT2D eigenvalue weighted by Crippen LogP contribution is -2.30. The Morgan fingerprint density at radius 1 is 1.53 bits per heavy atom. The molecule has 4 heteroatoms. The van der Waals surface area contributed by atoms with E-state index in [9.17, 15) is 0 Å². The molecule has 3 rings (SSSR count). The van der Waals surface area contributed by atoms with Gasteiger partial charge in [0.25, 0.3) is 0 Å². The number of fused-ring (bicyclic) bond motifs is 1. The minimum atomic E-state index is 0.461. The van der Waals surface area contributed by atoms with Gasteiger partial charge >= 0.3 is 0 Å². The summed E-state index contributed by atoms with van der Waals surface area (Å²) in [5.74, 6) is 0. The first kappa shape index (κ1) is 8.85. The van der Waals surface area contributed by atoms with E-state index < -0.39 is 0 Å². The number of hydrogen-bond acceptors (Lipinski definition) is 3. The van der Waals surface area contributed by atoms with Crippen LogP contribution in [0, 0.1) is 0 Å². The van der Waals surface area contributed by atoms with E-state index in [0.717, 1.165) is 25.3 Å². The van der Waals surface area contributed by atoms with Gasteiger partial charge in [0.05, 0.1) is 19.3 Å². The molecular formula is C11H13N3O. The number of aryl methyl sites for hydroxylation is 1. The van der Waals surface area contributed by atoms with Crippen LogP contribution < -0.4 is 0 Å². The maximum Gasteiger partial charge on any atom is 0.143 e. The summed E-state index contributed by atoms with van der Waals surface area (Å²) in [5.41, 5.74) is 2.35. The quantitative estimate of drug-likeness (QED) is 0.743. The molecule has 0 N–H and O–H groups in total. The number of aromatic nitrogens is 3. The van der Waals surface area contributed by atoms with E-state index in [1.807, 2.05) is 6.20 Å². The Morgan fingerprint density at radius 3 is 3.07 bits per heavy atom. The molecule has 0 atom stereocenters. The molecule has 3 heterocycles. The number of rotatable bonds is 2. The van der Waals surface area contributed by atoms with Crippen molar-refractivity contribution in [2.45, 2.75) is 19.4 Å². The van der Waals surface area contributed by atoms with Crippen molar-refractivity contribution in [3.8, 4) is 0 Å². The number of hydrogen-bond donors (Lipinski definition) is 0. The van der Waals surface area contributed by atoms with Gasteiger partial charge in [-0.3, -0.25) is 0 Å². The van der Waals surface area contributed by atoms with Crippen molar-refractivity contribution in [1.29, 1.82) is 0 Å². The summed E-state index contributed by atoms with van der Waals surface area (Å²) in [6.07, 6.45) is 6.71. The van der Waals surface area contributed by atoms with Crippen LogP contribution in [-0.4, -0.2) is 27.7 Å². The second-order valence-electron chi connectivity index (χ2n) is 3.87. The molecular weight excluding hydrogens is 190 g/mol. The summed E-state index contributed by atoms with van der Waals surface area (Å²) in [4.78, 5) is 8.43. The van der Waals surface area contributed by atoms with E-state index >= 15 is 0 Å². The zero-order valence-corrected chi connectivity index (χ0v) is 8.68. The maximum atomic E-state index is 5.22. The Kier molecular flexibility index (Phi) is 1.95. The van der Waals surface area contributed by atoms with Gasteiger partial charge in [-0.05, 0) is 12.0 Å². The van der Waals surface area contributed by atoms with Crippen molar-refractivity contribution >= 4 is 11.0 Å². The average Bonchev–Trinajstić information content (AvgIpc) is 2.55. The van der Waals surface area contributed by atoms with Crippen molar-refractivity contribution in [3.05, 3.63) is 24.3 Å². The van der Waals surface area contributed by atoms with Gasteiger partial charge in [-0.1, -0.05) is 6.92 Å². The maximum absolute atomic E-state index is 5.22. The van der Waals surface area contributed by atoms with Gasteiger partial charge < -0.3 is 9.30 Å². The Hall–Kier alpha value is -1.42. The first-order valence-corrected chi connectivity index (χ1v) is 5.27. The van der Waals surface area contributed by atoms with Crippen LogP contribution in [0.15, 0.2) is 18.7 Å². The van der Waals surface area contributed by atoms with Crippen molar-refractivity contribution in [3.63, 3.8) is 0 Å². The Morgan fingerprint density at radius 2 is 2.40 bits per heavy atom. The fraction of sp³-hybridized carbons (Fsp3) is 0.455. The summed E-state index contributed by atoms with van der Waals surface area (Å²) < 4.78 is 7.44. The van der Waals surface area contributed by atoms with Gasteiger partial charge in [0.2, 0.25) is 0 Å². The molecule has 1 saturated heterocycles. The number of ether oxygens (including phenoxy) is 1. The zero-order valence-electron chi connectivity index (χ0n) is 8.68. The van der Waals surface area contributed by atoms with Crippen LogP contribution in [0.5, 0.6) is 0 Å². The molecule has 4 nitrogen and oxygen atoms in total. The summed E-state index contributed by atoms with van der Waals surface area (Å²) >= 11 is 0. The van der Waals surface area contributed by atoms with Gasteiger partial charge in [-0.2, -0.15) is 0 Å². The molecule has 0 aromatic carbocycles. The molecule has 0 unspecified atom stereocenters. The fourth-order valence-electron chi connectivity index (χ4n) is 2.00. The predicted octanol–water partition coefficient (Wildman–Crippen LogP) is 1.56. The normalized spacial score (nSPS) is 16.9. The summed E-state index contributed by atoms with van der Waals surface area (Å²) in [5, 5.41) is 1.17. The van der Waals surface area contributed by atoms with Crippen molar-refractivity contribution in [2.75, 3.05) is 13.2 Å². The lowest BCUT2D eigenvalue weighted by molar-refractivity contribution is -0.0216. The van der Waals surface area contributed by atoms with Crippen molar-refractivity contribution < 1.29 is 4.74 Å². The highest BCUT2D eigenvalue weighted by molar-refractivity contribution is 5.79. The monoisotopic (exact) mass is 203 g/mol. The third kappa shape index (κ3) is 1.25. The Balaban J connectivity index is 2.20. The molecule has 1 aliphatic heterocycles.